The van der Waals surface area contributed by atoms with E-state index in [1.54, 1.807) is 0 Å². The number of hydrogen-bond acceptors (Lipinski definition) is 6. The lowest BCUT2D eigenvalue weighted by Gasteiger charge is -2.21. The minimum absolute atomic E-state index is 0.0671. The third kappa shape index (κ3) is 2.70. The summed E-state index contributed by atoms with van der Waals surface area (Å²) in [6.45, 7) is 12.0. The highest BCUT2D eigenvalue weighted by atomic mass is 16.8. The Balaban J connectivity index is 0.000000115. The predicted molar refractivity (Wildman–Crippen MR) is 92.5 cm³/mol. The molecule has 0 spiro atoms. The maximum atomic E-state index is 5.81. The van der Waals surface area contributed by atoms with E-state index >= 15 is 0 Å². The summed E-state index contributed by atoms with van der Waals surface area (Å²) < 4.78 is 34.2. The van der Waals surface area contributed by atoms with Crippen molar-refractivity contribution in [3.63, 3.8) is 0 Å². The van der Waals surface area contributed by atoms with E-state index in [1.807, 2.05) is 27.7 Å². The average Bonchev–Trinajstić information content (AvgIpc) is 3.36. The van der Waals surface area contributed by atoms with Gasteiger partial charge in [0.25, 0.3) is 0 Å². The quantitative estimate of drug-likeness (QED) is 0.486. The summed E-state index contributed by atoms with van der Waals surface area (Å²) >= 11 is 0. The molecule has 3 unspecified atom stereocenters. The summed E-state index contributed by atoms with van der Waals surface area (Å²) in [4.78, 5) is 0. The standard InChI is InChI=1S/2C10H14O3/c1-9(2)11-6-4-5-7-10(3,12-7)8(6)13-9;1-5-4-6-8(11-6)9-7(5)12-10(2,3)13-9/h4-8H,1-3H3;4,6-9H,1-3H3/t6-,7?,8-,10?;6?,7-,8-,9-/m01/s1. The zero-order valence-electron chi connectivity index (χ0n) is 16.2. The molecule has 4 aliphatic heterocycles. The van der Waals surface area contributed by atoms with Gasteiger partial charge in [0.2, 0.25) is 0 Å². The molecule has 26 heavy (non-hydrogen) atoms. The third-order valence-electron chi connectivity index (χ3n) is 5.95. The SMILES string of the molecule is CC1(C)O[C@H]2C=CC3OC3(C)[C@H]2O1.CC1=CC2O[C@H]2[C@@H]2OC(C)(C)O[C@H]12. The van der Waals surface area contributed by atoms with Crippen LogP contribution < -0.4 is 0 Å². The van der Waals surface area contributed by atoms with Gasteiger partial charge < -0.3 is 28.4 Å². The molecular formula is C20H28O6. The van der Waals surface area contributed by atoms with Crippen LogP contribution in [0.15, 0.2) is 23.8 Å². The van der Waals surface area contributed by atoms with Crippen molar-refractivity contribution in [3.05, 3.63) is 23.8 Å². The Kier molecular flexibility index (Phi) is 3.46. The smallest absolute Gasteiger partial charge is 0.164 e. The fourth-order valence-corrected chi connectivity index (χ4v) is 4.55. The molecule has 0 bridgehead atoms. The molecule has 144 valence electrons. The van der Waals surface area contributed by atoms with E-state index in [9.17, 15) is 0 Å². The number of rotatable bonds is 0. The van der Waals surface area contributed by atoms with Gasteiger partial charge in [-0.25, -0.2) is 0 Å². The first-order chi connectivity index (χ1) is 12.1. The van der Waals surface area contributed by atoms with Gasteiger partial charge in [0, 0.05) is 0 Å². The van der Waals surface area contributed by atoms with E-state index in [0.29, 0.717) is 6.10 Å². The van der Waals surface area contributed by atoms with Crippen LogP contribution >= 0.6 is 0 Å². The molecular weight excluding hydrogens is 336 g/mol. The van der Waals surface area contributed by atoms with E-state index < -0.39 is 11.6 Å². The van der Waals surface area contributed by atoms with Crippen LogP contribution in [0.2, 0.25) is 0 Å². The second-order valence-electron chi connectivity index (χ2n) is 9.12. The Morgan fingerprint density at radius 1 is 0.769 bits per heavy atom. The first kappa shape index (κ1) is 17.3. The molecule has 0 aromatic rings. The van der Waals surface area contributed by atoms with Crippen molar-refractivity contribution in [1.29, 1.82) is 0 Å². The van der Waals surface area contributed by atoms with Gasteiger partial charge in [-0.2, -0.15) is 0 Å². The molecule has 8 atom stereocenters. The molecule has 0 saturated carbocycles. The molecule has 0 radical (unpaired) electrons. The monoisotopic (exact) mass is 364 g/mol. The fraction of sp³-hybridized carbons (Fsp3) is 0.800. The van der Waals surface area contributed by atoms with E-state index in [-0.39, 0.29) is 42.2 Å². The van der Waals surface area contributed by atoms with Gasteiger partial charge in [0.05, 0.1) is 0 Å². The molecule has 6 heteroatoms. The Labute approximate surface area is 154 Å². The van der Waals surface area contributed by atoms with Crippen LogP contribution in [-0.4, -0.2) is 59.9 Å². The van der Waals surface area contributed by atoms with Gasteiger partial charge in [-0.3, -0.25) is 0 Å². The van der Waals surface area contributed by atoms with Crippen molar-refractivity contribution in [1.82, 2.24) is 0 Å². The van der Waals surface area contributed by atoms with E-state index in [2.05, 4.69) is 32.1 Å². The summed E-state index contributed by atoms with van der Waals surface area (Å²) in [5, 5.41) is 0. The van der Waals surface area contributed by atoms with Crippen molar-refractivity contribution >= 4 is 0 Å². The van der Waals surface area contributed by atoms with Gasteiger partial charge >= 0.3 is 0 Å². The lowest BCUT2D eigenvalue weighted by atomic mass is 9.91. The van der Waals surface area contributed by atoms with Crippen LogP contribution in [0.25, 0.3) is 0 Å². The summed E-state index contributed by atoms with van der Waals surface area (Å²) in [6, 6.07) is 0. The number of ether oxygens (including phenoxy) is 6. The highest BCUT2D eigenvalue weighted by Crippen LogP contribution is 2.50. The van der Waals surface area contributed by atoms with Gasteiger partial charge in [0.1, 0.15) is 48.3 Å². The normalized spacial score (nSPS) is 53.3. The van der Waals surface area contributed by atoms with Crippen LogP contribution in [0, 0.1) is 0 Å². The molecule has 0 amide bonds. The van der Waals surface area contributed by atoms with Crippen molar-refractivity contribution in [2.75, 3.05) is 0 Å². The van der Waals surface area contributed by atoms with Crippen LogP contribution in [0.3, 0.4) is 0 Å². The van der Waals surface area contributed by atoms with Gasteiger partial charge in [-0.05, 0) is 47.1 Å². The summed E-state index contributed by atoms with van der Waals surface area (Å²) in [7, 11) is 0. The fourth-order valence-electron chi connectivity index (χ4n) is 4.55. The van der Waals surface area contributed by atoms with Gasteiger partial charge in [-0.1, -0.05) is 18.2 Å². The average molecular weight is 364 g/mol. The summed E-state index contributed by atoms with van der Waals surface area (Å²) in [5.41, 5.74) is 1.11. The Morgan fingerprint density at radius 2 is 1.50 bits per heavy atom. The zero-order valence-corrected chi connectivity index (χ0v) is 16.2. The predicted octanol–water partition coefficient (Wildman–Crippen LogP) is 2.47. The van der Waals surface area contributed by atoms with Crippen LogP contribution in [0.4, 0.5) is 0 Å². The highest BCUT2D eigenvalue weighted by molar-refractivity contribution is 5.26. The maximum absolute atomic E-state index is 5.81. The molecule has 6 aliphatic rings. The first-order valence-corrected chi connectivity index (χ1v) is 9.49. The summed E-state index contributed by atoms with van der Waals surface area (Å²) in [6.07, 6.45) is 7.42. The number of hydrogen-bond donors (Lipinski definition) is 0. The molecule has 4 heterocycles. The number of fused-ring (bicyclic) bond motifs is 6. The van der Waals surface area contributed by atoms with Crippen LogP contribution in [-0.2, 0) is 28.4 Å². The molecule has 6 rings (SSSR count). The van der Waals surface area contributed by atoms with E-state index in [4.69, 9.17) is 28.4 Å². The van der Waals surface area contributed by atoms with Crippen molar-refractivity contribution in [2.24, 2.45) is 0 Å². The number of epoxide rings is 2. The lowest BCUT2D eigenvalue weighted by Crippen LogP contribution is -2.39. The van der Waals surface area contributed by atoms with Crippen molar-refractivity contribution in [2.45, 2.75) is 101 Å². The Hall–Kier alpha value is -0.760. The van der Waals surface area contributed by atoms with Crippen LogP contribution in [0.1, 0.15) is 41.5 Å². The third-order valence-corrected chi connectivity index (χ3v) is 5.95. The molecule has 4 fully saturated rings. The Bertz CT molecular complexity index is 680. The minimum atomic E-state index is -0.469. The molecule has 6 nitrogen and oxygen atoms in total. The maximum Gasteiger partial charge on any atom is 0.164 e. The summed E-state index contributed by atoms with van der Waals surface area (Å²) in [5.74, 6) is -0.922. The molecule has 2 aliphatic carbocycles. The second kappa shape index (κ2) is 5.19. The molecule has 0 aromatic heterocycles. The Morgan fingerprint density at radius 3 is 2.27 bits per heavy atom. The van der Waals surface area contributed by atoms with Crippen molar-refractivity contribution < 1.29 is 28.4 Å². The largest absolute Gasteiger partial charge is 0.362 e. The van der Waals surface area contributed by atoms with Gasteiger partial charge in [-0.15, -0.1) is 0 Å². The molecule has 0 aromatic carbocycles. The highest BCUT2D eigenvalue weighted by Gasteiger charge is 2.65. The topological polar surface area (TPSA) is 62.0 Å². The van der Waals surface area contributed by atoms with E-state index in [1.165, 1.54) is 5.57 Å². The zero-order chi connectivity index (χ0) is 18.5. The van der Waals surface area contributed by atoms with Crippen molar-refractivity contribution in [3.8, 4) is 0 Å². The molecule has 0 N–H and O–H groups in total. The first-order valence-electron chi connectivity index (χ1n) is 9.49. The minimum Gasteiger partial charge on any atom is -0.362 e. The second-order valence-corrected chi connectivity index (χ2v) is 9.12. The van der Waals surface area contributed by atoms with Crippen LogP contribution in [0.5, 0.6) is 0 Å². The van der Waals surface area contributed by atoms with Gasteiger partial charge in [0.15, 0.2) is 11.6 Å². The molecule has 4 saturated heterocycles. The van der Waals surface area contributed by atoms with E-state index in [0.717, 1.165) is 0 Å². The lowest BCUT2D eigenvalue weighted by molar-refractivity contribution is -0.148.